The van der Waals surface area contributed by atoms with Gasteiger partial charge < -0.3 is 24.2 Å². The SMILES string of the molecule is C/C=C/c1ccc(OCC(O)CN(C)CCCOC)c(OC)c1. The van der Waals surface area contributed by atoms with Crippen LogP contribution in [0.4, 0.5) is 0 Å². The van der Waals surface area contributed by atoms with E-state index in [1.807, 2.05) is 44.3 Å². The molecule has 1 aromatic carbocycles. The van der Waals surface area contributed by atoms with Crippen LogP contribution in [0.25, 0.3) is 6.08 Å². The van der Waals surface area contributed by atoms with Gasteiger partial charge in [0.2, 0.25) is 0 Å². The van der Waals surface area contributed by atoms with E-state index in [1.54, 1.807) is 14.2 Å². The van der Waals surface area contributed by atoms with Crippen molar-refractivity contribution in [2.75, 3.05) is 47.6 Å². The molecular weight excluding hydrogens is 294 g/mol. The van der Waals surface area contributed by atoms with E-state index in [9.17, 15) is 5.11 Å². The lowest BCUT2D eigenvalue weighted by Crippen LogP contribution is -2.34. The maximum atomic E-state index is 10.1. The first-order valence-corrected chi connectivity index (χ1v) is 7.89. The summed E-state index contributed by atoms with van der Waals surface area (Å²) < 4.78 is 16.1. The van der Waals surface area contributed by atoms with Crippen molar-refractivity contribution in [3.8, 4) is 11.5 Å². The number of aliphatic hydroxyl groups is 1. The third kappa shape index (κ3) is 7.50. The summed E-state index contributed by atoms with van der Waals surface area (Å²) in [5.41, 5.74) is 1.05. The minimum absolute atomic E-state index is 0.230. The number of hydrogen-bond acceptors (Lipinski definition) is 5. The van der Waals surface area contributed by atoms with Gasteiger partial charge in [0.05, 0.1) is 7.11 Å². The van der Waals surface area contributed by atoms with Gasteiger partial charge in [0, 0.05) is 26.8 Å². The molecule has 0 spiro atoms. The highest BCUT2D eigenvalue weighted by molar-refractivity contribution is 5.55. The standard InChI is InChI=1S/C18H29NO4/c1-5-7-15-8-9-17(18(12-15)22-4)23-14-16(20)13-19(2)10-6-11-21-3/h5,7-9,12,16,20H,6,10-11,13-14H2,1-4H3/b7-5+. The largest absolute Gasteiger partial charge is 0.493 e. The number of hydrogen-bond donors (Lipinski definition) is 1. The monoisotopic (exact) mass is 323 g/mol. The maximum Gasteiger partial charge on any atom is 0.161 e. The normalized spacial score (nSPS) is 12.8. The predicted molar refractivity (Wildman–Crippen MR) is 93.2 cm³/mol. The number of nitrogens with zero attached hydrogens (tertiary/aromatic N) is 1. The maximum absolute atomic E-state index is 10.1. The van der Waals surface area contributed by atoms with Gasteiger partial charge in [0.25, 0.3) is 0 Å². The Hall–Kier alpha value is -1.56. The topological polar surface area (TPSA) is 51.2 Å². The number of aliphatic hydroxyl groups excluding tert-OH is 1. The molecule has 5 nitrogen and oxygen atoms in total. The molecule has 0 saturated carbocycles. The zero-order valence-electron chi connectivity index (χ0n) is 14.6. The van der Waals surface area contributed by atoms with Crippen molar-refractivity contribution in [1.82, 2.24) is 4.90 Å². The fraction of sp³-hybridized carbons (Fsp3) is 0.556. The van der Waals surface area contributed by atoms with Gasteiger partial charge in [-0.05, 0) is 38.1 Å². The molecule has 0 aliphatic heterocycles. The molecule has 0 saturated heterocycles. The van der Waals surface area contributed by atoms with Gasteiger partial charge in [-0.2, -0.15) is 0 Å². The van der Waals surface area contributed by atoms with Gasteiger partial charge >= 0.3 is 0 Å². The molecule has 1 N–H and O–H groups in total. The third-order valence-corrected chi connectivity index (χ3v) is 3.39. The van der Waals surface area contributed by atoms with E-state index >= 15 is 0 Å². The summed E-state index contributed by atoms with van der Waals surface area (Å²) >= 11 is 0. The zero-order valence-corrected chi connectivity index (χ0v) is 14.6. The molecule has 0 bridgehead atoms. The number of allylic oxidation sites excluding steroid dienone is 1. The van der Waals surface area contributed by atoms with E-state index in [0.29, 0.717) is 18.0 Å². The van der Waals surface area contributed by atoms with E-state index in [1.165, 1.54) is 0 Å². The van der Waals surface area contributed by atoms with Gasteiger partial charge in [-0.25, -0.2) is 0 Å². The molecule has 0 fully saturated rings. The van der Waals surface area contributed by atoms with E-state index in [0.717, 1.165) is 25.1 Å². The molecular formula is C18H29NO4. The predicted octanol–water partition coefficient (Wildman–Crippen LogP) is 2.44. The Morgan fingerprint density at radius 1 is 1.26 bits per heavy atom. The molecule has 130 valence electrons. The second-order valence-corrected chi connectivity index (χ2v) is 5.48. The van der Waals surface area contributed by atoms with E-state index in [-0.39, 0.29) is 6.61 Å². The van der Waals surface area contributed by atoms with Crippen LogP contribution in [-0.2, 0) is 4.74 Å². The van der Waals surface area contributed by atoms with Crippen LogP contribution in [-0.4, -0.2) is 63.7 Å². The summed E-state index contributed by atoms with van der Waals surface area (Å²) in [6.45, 7) is 4.37. The summed E-state index contributed by atoms with van der Waals surface area (Å²) in [7, 11) is 5.28. The van der Waals surface area contributed by atoms with E-state index in [4.69, 9.17) is 14.2 Å². The smallest absolute Gasteiger partial charge is 0.161 e. The Bertz CT molecular complexity index is 476. The molecule has 0 aliphatic rings. The third-order valence-electron chi connectivity index (χ3n) is 3.39. The lowest BCUT2D eigenvalue weighted by molar-refractivity contribution is 0.0721. The fourth-order valence-corrected chi connectivity index (χ4v) is 2.27. The van der Waals surface area contributed by atoms with Crippen molar-refractivity contribution in [2.45, 2.75) is 19.4 Å². The van der Waals surface area contributed by atoms with Gasteiger partial charge in [0.1, 0.15) is 12.7 Å². The van der Waals surface area contributed by atoms with Gasteiger partial charge in [-0.3, -0.25) is 0 Å². The lowest BCUT2D eigenvalue weighted by Gasteiger charge is -2.21. The van der Waals surface area contributed by atoms with Crippen LogP contribution in [0.3, 0.4) is 0 Å². The second kappa shape index (κ2) is 11.0. The summed E-state index contributed by atoms with van der Waals surface area (Å²) in [5, 5.41) is 10.1. The summed E-state index contributed by atoms with van der Waals surface area (Å²) in [6.07, 6.45) is 4.36. The van der Waals surface area contributed by atoms with Crippen LogP contribution in [0.5, 0.6) is 11.5 Å². The molecule has 0 radical (unpaired) electrons. The van der Waals surface area contributed by atoms with Crippen molar-refractivity contribution in [1.29, 1.82) is 0 Å². The Balaban J connectivity index is 2.47. The highest BCUT2D eigenvalue weighted by Crippen LogP contribution is 2.28. The number of ether oxygens (including phenoxy) is 3. The first kappa shape index (κ1) is 19.5. The fourth-order valence-electron chi connectivity index (χ4n) is 2.27. The van der Waals surface area contributed by atoms with Crippen molar-refractivity contribution in [2.24, 2.45) is 0 Å². The molecule has 0 heterocycles. The molecule has 23 heavy (non-hydrogen) atoms. The number of likely N-dealkylation sites (N-methyl/N-ethyl adjacent to an activating group) is 1. The first-order chi connectivity index (χ1) is 11.1. The van der Waals surface area contributed by atoms with Crippen molar-refractivity contribution < 1.29 is 19.3 Å². The Labute approximate surface area is 139 Å². The van der Waals surface area contributed by atoms with Crippen molar-refractivity contribution in [3.63, 3.8) is 0 Å². The lowest BCUT2D eigenvalue weighted by atomic mass is 10.2. The van der Waals surface area contributed by atoms with Crippen LogP contribution in [0.2, 0.25) is 0 Å². The summed E-state index contributed by atoms with van der Waals surface area (Å²) in [5.74, 6) is 1.31. The molecule has 1 rings (SSSR count). The van der Waals surface area contributed by atoms with Gasteiger partial charge in [-0.15, -0.1) is 0 Å². The summed E-state index contributed by atoms with van der Waals surface area (Å²) in [4.78, 5) is 2.07. The highest BCUT2D eigenvalue weighted by atomic mass is 16.5. The van der Waals surface area contributed by atoms with Crippen LogP contribution < -0.4 is 9.47 Å². The van der Waals surface area contributed by atoms with Crippen LogP contribution in [0, 0.1) is 0 Å². The highest BCUT2D eigenvalue weighted by Gasteiger charge is 2.11. The molecule has 0 aromatic heterocycles. The molecule has 0 amide bonds. The Morgan fingerprint density at radius 3 is 2.70 bits per heavy atom. The second-order valence-electron chi connectivity index (χ2n) is 5.48. The number of rotatable bonds is 11. The van der Waals surface area contributed by atoms with Crippen molar-refractivity contribution >= 4 is 6.08 Å². The van der Waals surface area contributed by atoms with E-state index in [2.05, 4.69) is 4.90 Å². The van der Waals surface area contributed by atoms with Crippen LogP contribution >= 0.6 is 0 Å². The number of benzene rings is 1. The first-order valence-electron chi connectivity index (χ1n) is 7.89. The average Bonchev–Trinajstić information content (AvgIpc) is 2.54. The minimum atomic E-state index is -0.553. The van der Waals surface area contributed by atoms with Gasteiger partial charge in [-0.1, -0.05) is 18.2 Å². The average molecular weight is 323 g/mol. The molecule has 1 unspecified atom stereocenters. The number of methoxy groups -OCH3 is 2. The van der Waals surface area contributed by atoms with Crippen LogP contribution in [0.1, 0.15) is 18.9 Å². The quantitative estimate of drug-likeness (QED) is 0.634. The zero-order chi connectivity index (χ0) is 17.1. The summed E-state index contributed by atoms with van der Waals surface area (Å²) in [6, 6.07) is 5.74. The Morgan fingerprint density at radius 2 is 2.04 bits per heavy atom. The van der Waals surface area contributed by atoms with E-state index < -0.39 is 6.10 Å². The molecule has 1 atom stereocenters. The van der Waals surface area contributed by atoms with Gasteiger partial charge in [0.15, 0.2) is 11.5 Å². The van der Waals surface area contributed by atoms with Crippen LogP contribution in [0.15, 0.2) is 24.3 Å². The molecule has 5 heteroatoms. The minimum Gasteiger partial charge on any atom is -0.493 e. The Kier molecular flexibility index (Phi) is 9.36. The molecule has 1 aromatic rings. The molecule has 0 aliphatic carbocycles. The van der Waals surface area contributed by atoms with Crippen molar-refractivity contribution in [3.05, 3.63) is 29.8 Å².